The van der Waals surface area contributed by atoms with E-state index in [2.05, 4.69) is 58.8 Å². The lowest BCUT2D eigenvalue weighted by molar-refractivity contribution is 0.300. The van der Waals surface area contributed by atoms with Gasteiger partial charge in [-0.2, -0.15) is 0 Å². The molecule has 0 fully saturated rings. The molecule has 174 valence electrons. The molecule has 1 N–H and O–H groups in total. The predicted molar refractivity (Wildman–Crippen MR) is 136 cm³/mol. The molecule has 3 rings (SSSR count). The SMILES string of the molecule is CCN(CC)CCCNS(=O)(=O)c1cccc(Cc2cccc(/C=C/c3ccncc3)c2)c1. The topological polar surface area (TPSA) is 62.3 Å². The third-order valence-electron chi connectivity index (χ3n) is 5.58. The zero-order valence-electron chi connectivity index (χ0n) is 19.4. The Hall–Kier alpha value is -2.80. The molecule has 0 spiro atoms. The lowest BCUT2D eigenvalue weighted by atomic mass is 10.0. The third-order valence-corrected chi connectivity index (χ3v) is 7.04. The molecule has 0 bridgehead atoms. The van der Waals surface area contributed by atoms with Crippen LogP contribution in [0, 0.1) is 0 Å². The Kier molecular flexibility index (Phi) is 9.36. The molecule has 5 nitrogen and oxygen atoms in total. The molecule has 0 saturated carbocycles. The van der Waals surface area contributed by atoms with Crippen molar-refractivity contribution in [1.29, 1.82) is 0 Å². The second kappa shape index (κ2) is 12.4. The van der Waals surface area contributed by atoms with Crippen LogP contribution >= 0.6 is 0 Å². The summed E-state index contributed by atoms with van der Waals surface area (Å²) in [6.07, 6.45) is 9.14. The number of sulfonamides is 1. The molecule has 3 aromatic rings. The van der Waals surface area contributed by atoms with Gasteiger partial charge in [-0.25, -0.2) is 13.1 Å². The Morgan fingerprint density at radius 3 is 2.27 bits per heavy atom. The highest BCUT2D eigenvalue weighted by Gasteiger charge is 2.14. The van der Waals surface area contributed by atoms with Gasteiger partial charge in [-0.3, -0.25) is 4.98 Å². The fourth-order valence-corrected chi connectivity index (χ4v) is 4.81. The lowest BCUT2D eigenvalue weighted by Crippen LogP contribution is -2.30. The van der Waals surface area contributed by atoms with Crippen molar-refractivity contribution in [2.45, 2.75) is 31.6 Å². The van der Waals surface area contributed by atoms with Gasteiger partial charge in [-0.1, -0.05) is 62.4 Å². The van der Waals surface area contributed by atoms with Crippen molar-refractivity contribution in [3.05, 3.63) is 95.3 Å². The van der Waals surface area contributed by atoms with E-state index in [0.29, 0.717) is 17.9 Å². The van der Waals surface area contributed by atoms with Crippen molar-refractivity contribution in [3.63, 3.8) is 0 Å². The van der Waals surface area contributed by atoms with E-state index in [9.17, 15) is 8.42 Å². The smallest absolute Gasteiger partial charge is 0.240 e. The average Bonchev–Trinajstić information content (AvgIpc) is 2.84. The second-order valence-electron chi connectivity index (χ2n) is 7.96. The number of benzene rings is 2. The van der Waals surface area contributed by atoms with E-state index in [1.165, 1.54) is 0 Å². The maximum Gasteiger partial charge on any atom is 0.240 e. The highest BCUT2D eigenvalue weighted by atomic mass is 32.2. The Labute approximate surface area is 198 Å². The van der Waals surface area contributed by atoms with E-state index in [1.54, 1.807) is 24.5 Å². The van der Waals surface area contributed by atoms with Gasteiger partial charge in [0.05, 0.1) is 4.90 Å². The molecule has 0 atom stereocenters. The van der Waals surface area contributed by atoms with Crippen molar-refractivity contribution in [2.75, 3.05) is 26.2 Å². The molecule has 1 heterocycles. The molecule has 0 aliphatic carbocycles. The minimum absolute atomic E-state index is 0.316. The van der Waals surface area contributed by atoms with Crippen molar-refractivity contribution in [3.8, 4) is 0 Å². The fraction of sp³-hybridized carbons (Fsp3) is 0.296. The molecule has 0 radical (unpaired) electrons. The zero-order chi connectivity index (χ0) is 23.5. The summed E-state index contributed by atoms with van der Waals surface area (Å²) in [7, 11) is -3.52. The van der Waals surface area contributed by atoms with Gasteiger partial charge in [-0.05, 0) is 79.0 Å². The summed E-state index contributed by atoms with van der Waals surface area (Å²) in [4.78, 5) is 6.64. The molecule has 1 aromatic heterocycles. The van der Waals surface area contributed by atoms with Gasteiger partial charge in [0.1, 0.15) is 0 Å². The van der Waals surface area contributed by atoms with E-state index in [1.807, 2.05) is 30.3 Å². The van der Waals surface area contributed by atoms with Gasteiger partial charge in [0, 0.05) is 18.9 Å². The van der Waals surface area contributed by atoms with E-state index in [0.717, 1.165) is 48.3 Å². The molecular weight excluding hydrogens is 430 g/mol. The van der Waals surface area contributed by atoms with Crippen LogP contribution in [0.4, 0.5) is 0 Å². The number of rotatable bonds is 12. The first-order valence-corrected chi connectivity index (χ1v) is 13.0. The summed E-state index contributed by atoms with van der Waals surface area (Å²) in [5.74, 6) is 0. The predicted octanol–water partition coefficient (Wildman–Crippen LogP) is 4.85. The summed E-state index contributed by atoms with van der Waals surface area (Å²) in [5, 5.41) is 0. The van der Waals surface area contributed by atoms with E-state index in [4.69, 9.17) is 0 Å². The van der Waals surface area contributed by atoms with Crippen molar-refractivity contribution < 1.29 is 8.42 Å². The Bertz CT molecular complexity index is 1140. The van der Waals surface area contributed by atoms with Crippen LogP contribution in [0.25, 0.3) is 12.2 Å². The Morgan fingerprint density at radius 1 is 0.879 bits per heavy atom. The molecule has 0 unspecified atom stereocenters. The average molecular weight is 464 g/mol. The molecule has 0 amide bonds. The number of nitrogens with zero attached hydrogens (tertiary/aromatic N) is 2. The van der Waals surface area contributed by atoms with Crippen LogP contribution in [-0.4, -0.2) is 44.5 Å². The Morgan fingerprint density at radius 2 is 1.55 bits per heavy atom. The number of pyridine rings is 1. The maximum absolute atomic E-state index is 12.8. The minimum atomic E-state index is -3.52. The standard InChI is InChI=1S/C27H33N3O2S/c1-3-30(4-2)19-7-16-29-33(31,32)27-11-6-10-26(22-27)21-25-9-5-8-24(20-25)13-12-23-14-17-28-18-15-23/h5-6,8-15,17-18,20,22,29H,3-4,7,16,19,21H2,1-2H3/b13-12+. The lowest BCUT2D eigenvalue weighted by Gasteiger charge is -2.17. The zero-order valence-corrected chi connectivity index (χ0v) is 20.3. The normalized spacial score (nSPS) is 12.0. The van der Waals surface area contributed by atoms with Crippen molar-refractivity contribution >= 4 is 22.2 Å². The summed E-state index contributed by atoms with van der Waals surface area (Å²) < 4.78 is 28.3. The number of hydrogen-bond donors (Lipinski definition) is 1. The molecule has 33 heavy (non-hydrogen) atoms. The second-order valence-corrected chi connectivity index (χ2v) is 9.73. The van der Waals surface area contributed by atoms with Crippen LogP contribution in [0.1, 0.15) is 42.5 Å². The van der Waals surface area contributed by atoms with E-state index >= 15 is 0 Å². The van der Waals surface area contributed by atoms with Crippen LogP contribution in [0.5, 0.6) is 0 Å². The first-order chi connectivity index (χ1) is 16.0. The molecule has 0 aliphatic rings. The van der Waals surface area contributed by atoms with Gasteiger partial charge >= 0.3 is 0 Å². The van der Waals surface area contributed by atoms with Crippen LogP contribution in [0.15, 0.2) is 78.0 Å². The minimum Gasteiger partial charge on any atom is -0.304 e. The van der Waals surface area contributed by atoms with Gasteiger partial charge in [0.25, 0.3) is 0 Å². The molecular formula is C27H33N3O2S. The van der Waals surface area contributed by atoms with Crippen molar-refractivity contribution in [2.24, 2.45) is 0 Å². The molecule has 6 heteroatoms. The van der Waals surface area contributed by atoms with Gasteiger partial charge in [-0.15, -0.1) is 0 Å². The first kappa shape index (κ1) is 24.8. The summed E-state index contributed by atoms with van der Waals surface area (Å²) >= 11 is 0. The molecule has 2 aromatic carbocycles. The fourth-order valence-electron chi connectivity index (χ4n) is 3.66. The summed E-state index contributed by atoms with van der Waals surface area (Å²) in [6, 6.07) is 19.4. The molecule has 0 saturated heterocycles. The third kappa shape index (κ3) is 7.93. The quantitative estimate of drug-likeness (QED) is 0.390. The number of aromatic nitrogens is 1. The van der Waals surface area contributed by atoms with Crippen LogP contribution in [-0.2, 0) is 16.4 Å². The summed E-state index contributed by atoms with van der Waals surface area (Å²) in [5.41, 5.74) is 4.30. The highest BCUT2D eigenvalue weighted by molar-refractivity contribution is 7.89. The Balaban J connectivity index is 1.63. The van der Waals surface area contributed by atoms with E-state index in [-0.39, 0.29) is 0 Å². The molecule has 0 aliphatic heterocycles. The van der Waals surface area contributed by atoms with Crippen molar-refractivity contribution in [1.82, 2.24) is 14.6 Å². The summed E-state index contributed by atoms with van der Waals surface area (Å²) in [6.45, 7) is 7.52. The first-order valence-electron chi connectivity index (χ1n) is 11.5. The van der Waals surface area contributed by atoms with E-state index < -0.39 is 10.0 Å². The monoisotopic (exact) mass is 463 g/mol. The number of hydrogen-bond acceptors (Lipinski definition) is 4. The van der Waals surface area contributed by atoms with Gasteiger partial charge < -0.3 is 4.90 Å². The van der Waals surface area contributed by atoms with Gasteiger partial charge in [0.2, 0.25) is 10.0 Å². The number of nitrogens with one attached hydrogen (secondary N) is 1. The maximum atomic E-state index is 12.8. The van der Waals surface area contributed by atoms with Crippen LogP contribution in [0.2, 0.25) is 0 Å². The van der Waals surface area contributed by atoms with Gasteiger partial charge in [0.15, 0.2) is 0 Å². The highest BCUT2D eigenvalue weighted by Crippen LogP contribution is 2.17. The largest absolute Gasteiger partial charge is 0.304 e. The van der Waals surface area contributed by atoms with Crippen LogP contribution < -0.4 is 4.72 Å². The van der Waals surface area contributed by atoms with Crippen LogP contribution in [0.3, 0.4) is 0 Å².